The summed E-state index contributed by atoms with van der Waals surface area (Å²) in [6.45, 7) is 2.79. The van der Waals surface area contributed by atoms with Gasteiger partial charge in [-0.2, -0.15) is 0 Å². The van der Waals surface area contributed by atoms with Crippen molar-refractivity contribution in [2.75, 3.05) is 25.7 Å². The fourth-order valence-electron chi connectivity index (χ4n) is 2.75. The van der Waals surface area contributed by atoms with Crippen molar-refractivity contribution in [2.24, 2.45) is 0 Å². The lowest BCUT2D eigenvalue weighted by Gasteiger charge is -2.15. The monoisotopic (exact) mass is 431 g/mol. The van der Waals surface area contributed by atoms with Gasteiger partial charge in [0.1, 0.15) is 0 Å². The molecule has 1 aromatic rings. The summed E-state index contributed by atoms with van der Waals surface area (Å²) < 4.78 is 30.5. The number of benzene rings is 1. The van der Waals surface area contributed by atoms with Gasteiger partial charge in [-0.05, 0) is 25.0 Å². The number of amides is 1. The number of halogens is 2. The van der Waals surface area contributed by atoms with Crippen molar-refractivity contribution in [3.05, 3.63) is 23.0 Å². The summed E-state index contributed by atoms with van der Waals surface area (Å²) in [5, 5.41) is 0.755. The van der Waals surface area contributed by atoms with E-state index in [0.29, 0.717) is 23.5 Å². The van der Waals surface area contributed by atoms with Crippen LogP contribution in [0.3, 0.4) is 0 Å². The third kappa shape index (κ3) is 4.87. The number of methoxy groups -OCH3 is 1. The number of hydrogen-bond donors (Lipinski definition) is 0. The lowest BCUT2D eigenvalue weighted by Crippen LogP contribution is -2.26. The van der Waals surface area contributed by atoms with Crippen LogP contribution in [0.1, 0.15) is 37.3 Å². The molecule has 1 aliphatic heterocycles. The van der Waals surface area contributed by atoms with Gasteiger partial charge < -0.3 is 19.1 Å². The third-order valence-corrected chi connectivity index (χ3v) is 4.60. The Morgan fingerprint density at radius 2 is 2.08 bits per heavy atom. The normalized spacial score (nSPS) is 12.7. The fraction of sp³-hybridized carbons (Fsp3) is 0.556. The molecule has 0 radical (unpaired) electrons. The van der Waals surface area contributed by atoms with E-state index in [1.54, 1.807) is 13.0 Å². The molecule has 1 aromatic carbocycles. The number of carbonyl (C=O) groups excluding carboxylic acids is 2. The van der Waals surface area contributed by atoms with E-state index >= 15 is 0 Å². The van der Waals surface area contributed by atoms with E-state index in [1.165, 1.54) is 12.0 Å². The van der Waals surface area contributed by atoms with Crippen LogP contribution in [0.2, 0.25) is 0 Å². The van der Waals surface area contributed by atoms with Gasteiger partial charge in [0, 0.05) is 30.4 Å². The highest BCUT2D eigenvalue weighted by molar-refractivity contribution is 9.09. The van der Waals surface area contributed by atoms with E-state index < -0.39 is 11.8 Å². The maximum atomic E-state index is 14.9. The summed E-state index contributed by atoms with van der Waals surface area (Å²) in [7, 11) is 1.45. The maximum absolute atomic E-state index is 14.9. The highest BCUT2D eigenvalue weighted by Crippen LogP contribution is 2.39. The van der Waals surface area contributed by atoms with Crippen LogP contribution in [0.5, 0.6) is 11.5 Å². The molecule has 6 nitrogen and oxygen atoms in total. The van der Waals surface area contributed by atoms with Crippen molar-refractivity contribution in [1.29, 1.82) is 0 Å². The van der Waals surface area contributed by atoms with Gasteiger partial charge in [0.15, 0.2) is 17.3 Å². The predicted molar refractivity (Wildman–Crippen MR) is 97.0 cm³/mol. The summed E-state index contributed by atoms with van der Waals surface area (Å²) >= 11 is 3.30. The molecule has 144 valence electrons. The largest absolute Gasteiger partial charge is 0.493 e. The van der Waals surface area contributed by atoms with Crippen molar-refractivity contribution in [1.82, 2.24) is 4.90 Å². The number of alkyl halides is 1. The predicted octanol–water partition coefficient (Wildman–Crippen LogP) is 3.18. The molecule has 0 spiro atoms. The third-order valence-electron chi connectivity index (χ3n) is 4.04. The van der Waals surface area contributed by atoms with E-state index in [9.17, 15) is 14.0 Å². The first-order valence-electron chi connectivity index (χ1n) is 8.52. The molecule has 26 heavy (non-hydrogen) atoms. The molecule has 1 aliphatic rings. The first-order chi connectivity index (χ1) is 12.5. The molecular formula is C18H23BrFNO5. The summed E-state index contributed by atoms with van der Waals surface area (Å²) in [6.07, 6.45) is 0.796. The van der Waals surface area contributed by atoms with Gasteiger partial charge >= 0.3 is 5.97 Å². The van der Waals surface area contributed by atoms with Crippen molar-refractivity contribution in [2.45, 2.75) is 39.3 Å². The SMILES string of the molecule is CCOC(=O)CCC(=O)N1Cc2cc(OC)c(OCCCBr)c(F)c2C1. The molecular weight excluding hydrogens is 409 g/mol. The van der Waals surface area contributed by atoms with Gasteiger partial charge in [0.2, 0.25) is 5.91 Å². The van der Waals surface area contributed by atoms with Crippen molar-refractivity contribution in [3.8, 4) is 11.5 Å². The first-order valence-corrected chi connectivity index (χ1v) is 9.64. The number of rotatable bonds is 9. The minimum absolute atomic E-state index is 0.0201. The molecule has 0 atom stereocenters. The zero-order valence-corrected chi connectivity index (χ0v) is 16.6. The van der Waals surface area contributed by atoms with Crippen LogP contribution in [0.25, 0.3) is 0 Å². The molecule has 0 saturated carbocycles. The fourth-order valence-corrected chi connectivity index (χ4v) is 2.98. The van der Waals surface area contributed by atoms with Gasteiger partial charge in [-0.1, -0.05) is 15.9 Å². The van der Waals surface area contributed by atoms with Crippen LogP contribution >= 0.6 is 15.9 Å². The van der Waals surface area contributed by atoms with Gasteiger partial charge in [-0.15, -0.1) is 0 Å². The Morgan fingerprint density at radius 1 is 1.31 bits per heavy atom. The average Bonchev–Trinajstić information content (AvgIpc) is 3.06. The Bertz CT molecular complexity index is 667. The van der Waals surface area contributed by atoms with Crippen LogP contribution in [-0.4, -0.2) is 42.4 Å². The van der Waals surface area contributed by atoms with E-state index in [2.05, 4.69) is 15.9 Å². The van der Waals surface area contributed by atoms with Gasteiger partial charge in [0.05, 0.1) is 26.7 Å². The number of hydrogen-bond acceptors (Lipinski definition) is 5. The summed E-state index contributed by atoms with van der Waals surface area (Å²) in [6, 6.07) is 1.71. The van der Waals surface area contributed by atoms with Crippen molar-refractivity contribution >= 4 is 27.8 Å². The smallest absolute Gasteiger partial charge is 0.306 e. The standard InChI is InChI=1S/C18H23BrFNO5/c1-3-25-16(23)6-5-15(22)21-10-12-9-14(24-2)18(26-8-4-7-19)17(20)13(12)11-21/h9H,3-8,10-11H2,1-2H3. The molecule has 0 aromatic heterocycles. The molecule has 0 saturated heterocycles. The highest BCUT2D eigenvalue weighted by Gasteiger charge is 2.30. The molecule has 1 heterocycles. The van der Waals surface area contributed by atoms with Crippen molar-refractivity contribution < 1.29 is 28.2 Å². The Kier molecular flexibility index (Phi) is 7.68. The quantitative estimate of drug-likeness (QED) is 0.341. The first kappa shape index (κ1) is 20.5. The molecule has 0 N–H and O–H groups in total. The van der Waals surface area contributed by atoms with Crippen molar-refractivity contribution in [3.63, 3.8) is 0 Å². The van der Waals surface area contributed by atoms with Crippen LogP contribution in [0.15, 0.2) is 6.07 Å². The summed E-state index contributed by atoms with van der Waals surface area (Å²) in [5.41, 5.74) is 1.13. The van der Waals surface area contributed by atoms with Gasteiger partial charge in [0.25, 0.3) is 0 Å². The van der Waals surface area contributed by atoms with Crippen LogP contribution in [0.4, 0.5) is 4.39 Å². The Labute approximate surface area is 160 Å². The highest BCUT2D eigenvalue weighted by atomic mass is 79.9. The molecule has 0 fully saturated rings. The summed E-state index contributed by atoms with van der Waals surface area (Å²) in [5.74, 6) is -0.721. The molecule has 8 heteroatoms. The topological polar surface area (TPSA) is 65.1 Å². The lowest BCUT2D eigenvalue weighted by molar-refractivity contribution is -0.145. The van der Waals surface area contributed by atoms with Crippen LogP contribution in [-0.2, 0) is 27.4 Å². The summed E-state index contributed by atoms with van der Waals surface area (Å²) in [4.78, 5) is 25.2. The number of fused-ring (bicyclic) bond motifs is 1. The Balaban J connectivity index is 2.08. The van der Waals surface area contributed by atoms with E-state index in [-0.39, 0.29) is 44.2 Å². The average molecular weight is 432 g/mol. The van der Waals surface area contributed by atoms with E-state index in [4.69, 9.17) is 14.2 Å². The Hall–Kier alpha value is -1.83. The lowest BCUT2D eigenvalue weighted by atomic mass is 10.1. The molecule has 0 unspecified atom stereocenters. The number of ether oxygens (including phenoxy) is 3. The minimum atomic E-state index is -0.491. The Morgan fingerprint density at radius 3 is 2.73 bits per heavy atom. The zero-order chi connectivity index (χ0) is 19.1. The van der Waals surface area contributed by atoms with Crippen LogP contribution < -0.4 is 9.47 Å². The number of esters is 1. The molecule has 0 bridgehead atoms. The molecule has 1 amide bonds. The van der Waals surface area contributed by atoms with Crippen LogP contribution in [0, 0.1) is 5.82 Å². The van der Waals surface area contributed by atoms with E-state index in [0.717, 1.165) is 11.8 Å². The second-order valence-electron chi connectivity index (χ2n) is 5.81. The second kappa shape index (κ2) is 9.75. The number of carbonyl (C=O) groups is 2. The van der Waals surface area contributed by atoms with E-state index in [1.807, 2.05) is 0 Å². The maximum Gasteiger partial charge on any atom is 0.306 e. The molecule has 2 rings (SSSR count). The van der Waals surface area contributed by atoms with Gasteiger partial charge in [-0.3, -0.25) is 9.59 Å². The molecule has 0 aliphatic carbocycles. The van der Waals surface area contributed by atoms with Gasteiger partial charge in [-0.25, -0.2) is 4.39 Å². The zero-order valence-electron chi connectivity index (χ0n) is 15.0. The number of nitrogens with zero attached hydrogens (tertiary/aromatic N) is 1. The second-order valence-corrected chi connectivity index (χ2v) is 6.60. The minimum Gasteiger partial charge on any atom is -0.493 e.